The highest BCUT2D eigenvalue weighted by Crippen LogP contribution is 2.24. The third kappa shape index (κ3) is 5.00. The Morgan fingerprint density at radius 3 is 2.53 bits per heavy atom. The van der Waals surface area contributed by atoms with E-state index in [1.165, 1.54) is 17.0 Å². The number of amides is 2. The maximum absolute atomic E-state index is 13.0. The SMILES string of the molecule is CCC(C#N)c1cccc(C(=O)Nc2ccc(C)c(NC(=O)c3ccc4ncn(C)c(=O)c4c3)c2)c1. The minimum atomic E-state index is -0.385. The summed E-state index contributed by atoms with van der Waals surface area (Å²) >= 11 is 0. The molecule has 1 atom stereocenters. The van der Waals surface area contributed by atoms with Crippen LogP contribution in [0.5, 0.6) is 0 Å². The van der Waals surface area contributed by atoms with Crippen molar-refractivity contribution in [2.75, 3.05) is 10.6 Å². The number of aromatic nitrogens is 2. The van der Waals surface area contributed by atoms with E-state index in [4.69, 9.17) is 0 Å². The zero-order chi connectivity index (χ0) is 25.8. The summed E-state index contributed by atoms with van der Waals surface area (Å²) in [6, 6.07) is 19.3. The Hall–Kier alpha value is -4.77. The van der Waals surface area contributed by atoms with E-state index in [0.29, 0.717) is 39.8 Å². The quantitative estimate of drug-likeness (QED) is 0.413. The Kier molecular flexibility index (Phi) is 6.93. The van der Waals surface area contributed by atoms with Gasteiger partial charge in [0.25, 0.3) is 17.4 Å². The van der Waals surface area contributed by atoms with Gasteiger partial charge in [-0.15, -0.1) is 0 Å². The number of nitrogens with one attached hydrogen (secondary N) is 2. The molecule has 8 nitrogen and oxygen atoms in total. The van der Waals surface area contributed by atoms with Crippen molar-refractivity contribution in [3.05, 3.63) is 99.6 Å². The van der Waals surface area contributed by atoms with Crippen LogP contribution in [0.15, 0.2) is 71.8 Å². The van der Waals surface area contributed by atoms with Crippen LogP contribution in [-0.2, 0) is 7.05 Å². The van der Waals surface area contributed by atoms with E-state index in [9.17, 15) is 19.6 Å². The molecule has 180 valence electrons. The van der Waals surface area contributed by atoms with E-state index in [1.54, 1.807) is 55.6 Å². The van der Waals surface area contributed by atoms with Crippen molar-refractivity contribution in [2.45, 2.75) is 26.2 Å². The summed E-state index contributed by atoms with van der Waals surface area (Å²) < 4.78 is 1.36. The molecule has 3 aromatic carbocycles. The van der Waals surface area contributed by atoms with E-state index in [1.807, 2.05) is 19.9 Å². The number of carbonyl (C=O) groups excluding carboxylic acids is 2. The highest BCUT2D eigenvalue weighted by Gasteiger charge is 2.14. The van der Waals surface area contributed by atoms with Crippen molar-refractivity contribution in [1.82, 2.24) is 9.55 Å². The normalized spacial score (nSPS) is 11.5. The van der Waals surface area contributed by atoms with E-state index in [0.717, 1.165) is 11.1 Å². The first-order valence-corrected chi connectivity index (χ1v) is 11.5. The smallest absolute Gasteiger partial charge is 0.260 e. The van der Waals surface area contributed by atoms with Crippen molar-refractivity contribution in [1.29, 1.82) is 5.26 Å². The fourth-order valence-electron chi connectivity index (χ4n) is 3.88. The van der Waals surface area contributed by atoms with Gasteiger partial charge in [0.1, 0.15) is 0 Å². The molecule has 0 fully saturated rings. The number of benzene rings is 3. The number of anilines is 2. The van der Waals surface area contributed by atoms with Crippen LogP contribution < -0.4 is 16.2 Å². The number of nitrogens with zero attached hydrogens (tertiary/aromatic N) is 3. The summed E-state index contributed by atoms with van der Waals surface area (Å²) in [6.45, 7) is 3.77. The van der Waals surface area contributed by atoms with Gasteiger partial charge in [0, 0.05) is 29.5 Å². The second-order valence-electron chi connectivity index (χ2n) is 8.55. The second-order valence-corrected chi connectivity index (χ2v) is 8.55. The molecule has 0 radical (unpaired) electrons. The minimum absolute atomic E-state index is 0.236. The maximum atomic E-state index is 13.0. The zero-order valence-electron chi connectivity index (χ0n) is 20.2. The lowest BCUT2D eigenvalue weighted by Gasteiger charge is -2.13. The van der Waals surface area contributed by atoms with Crippen LogP contribution in [-0.4, -0.2) is 21.4 Å². The van der Waals surface area contributed by atoms with Crippen LogP contribution in [0.4, 0.5) is 11.4 Å². The Bertz CT molecular complexity index is 1580. The molecule has 0 saturated heterocycles. The van der Waals surface area contributed by atoms with Crippen molar-refractivity contribution in [3.8, 4) is 6.07 Å². The first-order valence-electron chi connectivity index (χ1n) is 11.5. The molecule has 2 amide bonds. The van der Waals surface area contributed by atoms with Crippen LogP contribution in [0.25, 0.3) is 10.9 Å². The van der Waals surface area contributed by atoms with E-state index in [2.05, 4.69) is 21.7 Å². The number of rotatable bonds is 6. The molecule has 0 bridgehead atoms. The van der Waals surface area contributed by atoms with Gasteiger partial charge in [-0.05, 0) is 66.9 Å². The molecule has 1 heterocycles. The molecule has 1 unspecified atom stereocenters. The largest absolute Gasteiger partial charge is 0.322 e. The molecule has 0 saturated carbocycles. The molecule has 36 heavy (non-hydrogen) atoms. The molecule has 0 aliphatic carbocycles. The molecule has 0 aliphatic heterocycles. The van der Waals surface area contributed by atoms with Gasteiger partial charge in [0.2, 0.25) is 0 Å². The maximum Gasteiger partial charge on any atom is 0.260 e. The first kappa shape index (κ1) is 24.4. The van der Waals surface area contributed by atoms with Crippen LogP contribution in [0.3, 0.4) is 0 Å². The zero-order valence-corrected chi connectivity index (χ0v) is 20.2. The number of aryl methyl sites for hydroxylation is 2. The highest BCUT2D eigenvalue weighted by molar-refractivity contribution is 6.08. The van der Waals surface area contributed by atoms with Gasteiger partial charge in [0.05, 0.1) is 29.2 Å². The molecule has 0 spiro atoms. The summed E-state index contributed by atoms with van der Waals surface area (Å²) in [5.41, 5.74) is 3.68. The van der Waals surface area contributed by atoms with Gasteiger partial charge in [-0.3, -0.25) is 14.4 Å². The average molecular weight is 480 g/mol. The fraction of sp³-hybridized carbons (Fsp3) is 0.179. The van der Waals surface area contributed by atoms with Crippen molar-refractivity contribution < 1.29 is 9.59 Å². The predicted octanol–water partition coefficient (Wildman–Crippen LogP) is 4.76. The summed E-state index contributed by atoms with van der Waals surface area (Å²) in [5.74, 6) is -0.974. The van der Waals surface area contributed by atoms with Crippen molar-refractivity contribution in [2.24, 2.45) is 7.05 Å². The molecule has 0 aliphatic rings. The molecule has 1 aromatic heterocycles. The van der Waals surface area contributed by atoms with Crippen molar-refractivity contribution in [3.63, 3.8) is 0 Å². The van der Waals surface area contributed by atoms with Crippen LogP contribution >= 0.6 is 0 Å². The third-order valence-corrected chi connectivity index (χ3v) is 6.04. The lowest BCUT2D eigenvalue weighted by molar-refractivity contribution is 0.101. The number of nitriles is 1. The molecule has 8 heteroatoms. The Balaban J connectivity index is 1.54. The van der Waals surface area contributed by atoms with Gasteiger partial charge in [-0.2, -0.15) is 5.26 Å². The molecular formula is C28H25N5O3. The Morgan fingerprint density at radius 1 is 1.03 bits per heavy atom. The van der Waals surface area contributed by atoms with Crippen LogP contribution in [0, 0.1) is 18.3 Å². The van der Waals surface area contributed by atoms with E-state index >= 15 is 0 Å². The molecule has 4 rings (SSSR count). The standard InChI is InChI=1S/C28H25N5O3/c1-4-18(15-29)19-6-5-7-20(12-19)26(34)31-22-10-8-17(2)25(14-22)32-27(35)21-9-11-24-23(13-21)28(36)33(3)16-30-24/h5-14,16,18H,4H2,1-3H3,(H,31,34)(H,32,35). The Labute approximate surface area is 208 Å². The number of carbonyl (C=O) groups is 2. The second kappa shape index (κ2) is 10.2. The van der Waals surface area contributed by atoms with Gasteiger partial charge >= 0.3 is 0 Å². The fourth-order valence-corrected chi connectivity index (χ4v) is 3.88. The Morgan fingerprint density at radius 2 is 1.78 bits per heavy atom. The average Bonchev–Trinajstić information content (AvgIpc) is 2.89. The summed E-state index contributed by atoms with van der Waals surface area (Å²) in [7, 11) is 1.60. The minimum Gasteiger partial charge on any atom is -0.322 e. The summed E-state index contributed by atoms with van der Waals surface area (Å²) in [5, 5.41) is 15.4. The van der Waals surface area contributed by atoms with E-state index in [-0.39, 0.29) is 23.3 Å². The monoisotopic (exact) mass is 479 g/mol. The third-order valence-electron chi connectivity index (χ3n) is 6.04. The molecule has 2 N–H and O–H groups in total. The van der Waals surface area contributed by atoms with E-state index < -0.39 is 0 Å². The van der Waals surface area contributed by atoms with Crippen molar-refractivity contribution >= 4 is 34.1 Å². The summed E-state index contributed by atoms with van der Waals surface area (Å²) in [6.07, 6.45) is 2.10. The molecule has 4 aromatic rings. The lowest BCUT2D eigenvalue weighted by Crippen LogP contribution is -2.18. The number of fused-ring (bicyclic) bond motifs is 1. The van der Waals surface area contributed by atoms with Gasteiger partial charge in [-0.1, -0.05) is 25.1 Å². The predicted molar refractivity (Wildman–Crippen MR) is 139 cm³/mol. The lowest BCUT2D eigenvalue weighted by atomic mass is 9.96. The van der Waals surface area contributed by atoms with Gasteiger partial charge in [-0.25, -0.2) is 4.98 Å². The highest BCUT2D eigenvalue weighted by atomic mass is 16.2. The number of hydrogen-bond acceptors (Lipinski definition) is 5. The number of hydrogen-bond donors (Lipinski definition) is 2. The summed E-state index contributed by atoms with van der Waals surface area (Å²) in [4.78, 5) is 42.4. The topological polar surface area (TPSA) is 117 Å². The first-order chi connectivity index (χ1) is 17.3. The van der Waals surface area contributed by atoms with Crippen LogP contribution in [0.2, 0.25) is 0 Å². The molecular weight excluding hydrogens is 454 g/mol. The van der Waals surface area contributed by atoms with Crippen LogP contribution in [0.1, 0.15) is 51.1 Å². The van der Waals surface area contributed by atoms with Gasteiger partial charge < -0.3 is 15.2 Å². The van der Waals surface area contributed by atoms with Gasteiger partial charge in [0.15, 0.2) is 0 Å².